The van der Waals surface area contributed by atoms with Crippen LogP contribution in [0.1, 0.15) is 47.6 Å². The van der Waals surface area contributed by atoms with E-state index in [0.717, 1.165) is 68.0 Å². The average molecular weight is 455 g/mol. The minimum atomic E-state index is -0.441. The molecule has 0 bridgehead atoms. The highest BCUT2D eigenvalue weighted by Crippen LogP contribution is 2.30. The van der Waals surface area contributed by atoms with E-state index < -0.39 is 5.97 Å². The zero-order valence-corrected chi connectivity index (χ0v) is 18.9. The number of piperidine rings is 1. The molecule has 5 heterocycles. The highest BCUT2D eigenvalue weighted by Gasteiger charge is 2.30. The van der Waals surface area contributed by atoms with Crippen molar-refractivity contribution in [2.45, 2.75) is 45.1 Å². The van der Waals surface area contributed by atoms with Gasteiger partial charge in [0.05, 0.1) is 18.7 Å². The zero-order chi connectivity index (χ0) is 22.1. The highest BCUT2D eigenvalue weighted by molar-refractivity contribution is 7.12. The molecule has 0 aromatic carbocycles. The number of hydrogen-bond acceptors (Lipinski definition) is 8. The number of nitrogens with one attached hydrogen (secondary N) is 1. The summed E-state index contributed by atoms with van der Waals surface area (Å²) in [5, 5.41) is 4.70. The van der Waals surface area contributed by atoms with Crippen LogP contribution in [-0.4, -0.2) is 51.6 Å². The van der Waals surface area contributed by atoms with E-state index in [-0.39, 0.29) is 11.8 Å². The minimum absolute atomic E-state index is 0.0934. The van der Waals surface area contributed by atoms with Crippen molar-refractivity contribution in [1.29, 1.82) is 0 Å². The largest absolute Gasteiger partial charge is 0.465 e. The molecule has 3 aromatic rings. The number of aryl methyl sites for hydroxylation is 2. The Morgan fingerprint density at radius 3 is 2.97 bits per heavy atom. The van der Waals surface area contributed by atoms with Crippen LogP contribution in [0, 0.1) is 5.92 Å². The number of amides is 1. The third-order valence-corrected chi connectivity index (χ3v) is 7.15. The van der Waals surface area contributed by atoms with Gasteiger partial charge in [-0.1, -0.05) is 6.42 Å². The van der Waals surface area contributed by atoms with E-state index in [1.807, 2.05) is 0 Å². The van der Waals surface area contributed by atoms with Gasteiger partial charge in [-0.25, -0.2) is 19.7 Å². The van der Waals surface area contributed by atoms with Gasteiger partial charge in [-0.05, 0) is 37.1 Å². The number of ether oxygens (including phenoxy) is 1. The Morgan fingerprint density at radius 1 is 1.19 bits per heavy atom. The molecule has 0 unspecified atom stereocenters. The number of thiophene rings is 1. The smallest absolute Gasteiger partial charge is 0.350 e. The van der Waals surface area contributed by atoms with E-state index in [9.17, 15) is 9.59 Å². The van der Waals surface area contributed by atoms with E-state index in [2.05, 4.69) is 24.8 Å². The van der Waals surface area contributed by atoms with Crippen molar-refractivity contribution >= 4 is 45.9 Å². The number of nitrogens with zero attached hydrogens (tertiary/aromatic N) is 5. The number of carbonyl (C=O) groups excluding carboxylic acids is 2. The number of anilines is 2. The maximum Gasteiger partial charge on any atom is 0.350 e. The summed E-state index contributed by atoms with van der Waals surface area (Å²) in [4.78, 5) is 41.5. The fourth-order valence-electron chi connectivity index (χ4n) is 4.63. The number of imidazole rings is 1. The number of methoxy groups -OCH3 is 1. The lowest BCUT2D eigenvalue weighted by Gasteiger charge is -2.32. The molecular formula is C22H26N6O3S. The van der Waals surface area contributed by atoms with E-state index in [1.54, 1.807) is 17.8 Å². The van der Waals surface area contributed by atoms with Gasteiger partial charge in [0.15, 0.2) is 17.0 Å². The van der Waals surface area contributed by atoms with Crippen LogP contribution in [0.3, 0.4) is 0 Å². The van der Waals surface area contributed by atoms with E-state index >= 15 is 0 Å². The van der Waals surface area contributed by atoms with E-state index in [1.165, 1.54) is 24.9 Å². The summed E-state index contributed by atoms with van der Waals surface area (Å²) in [7, 11) is 1.34. The first-order chi connectivity index (χ1) is 15.7. The Bertz CT molecular complexity index is 1160. The SMILES string of the molecule is COC(=O)c1sccc1NC(=O)[C@@H]1CCCN(c2ncnc3c2nc2n3CCCCC2)C1. The number of hydrogen-bond donors (Lipinski definition) is 1. The van der Waals surface area contributed by atoms with Gasteiger partial charge in [0.1, 0.15) is 17.0 Å². The molecule has 2 aliphatic heterocycles. The monoisotopic (exact) mass is 454 g/mol. The Hall–Kier alpha value is -3.01. The molecule has 0 aliphatic carbocycles. The Labute approximate surface area is 189 Å². The lowest BCUT2D eigenvalue weighted by Crippen LogP contribution is -2.41. The predicted octanol–water partition coefficient (Wildman–Crippen LogP) is 3.26. The number of carbonyl (C=O) groups is 2. The van der Waals surface area contributed by atoms with Crippen LogP contribution in [0.5, 0.6) is 0 Å². The van der Waals surface area contributed by atoms with Crippen LogP contribution in [0.15, 0.2) is 17.8 Å². The number of esters is 1. The fraction of sp³-hybridized carbons (Fsp3) is 0.500. The summed E-state index contributed by atoms with van der Waals surface area (Å²) < 4.78 is 7.04. The quantitative estimate of drug-likeness (QED) is 0.604. The zero-order valence-electron chi connectivity index (χ0n) is 18.0. The van der Waals surface area contributed by atoms with Crippen LogP contribution in [-0.2, 0) is 22.5 Å². The molecular weight excluding hydrogens is 428 g/mol. The molecule has 1 atom stereocenters. The summed E-state index contributed by atoms with van der Waals surface area (Å²) in [5.74, 6) is 1.14. The van der Waals surface area contributed by atoms with Crippen LogP contribution in [0.25, 0.3) is 11.2 Å². The van der Waals surface area contributed by atoms with E-state index in [0.29, 0.717) is 17.1 Å². The molecule has 9 nitrogen and oxygen atoms in total. The molecule has 168 valence electrons. The van der Waals surface area contributed by atoms with Gasteiger partial charge >= 0.3 is 5.97 Å². The van der Waals surface area contributed by atoms with Gasteiger partial charge in [0.2, 0.25) is 5.91 Å². The standard InChI is InChI=1S/C22H26N6O3S/c1-31-22(30)18-15(8-11-32-18)25-21(29)14-6-5-9-27(12-14)19-17-20(24-13-23-19)28-10-4-2-3-7-16(28)26-17/h8,11,13-14H,2-7,9-10,12H2,1H3,(H,25,29)/t14-/m1/s1. The van der Waals surface area contributed by atoms with Gasteiger partial charge in [-0.3, -0.25) is 4.79 Å². The topological polar surface area (TPSA) is 102 Å². The second-order valence-corrected chi connectivity index (χ2v) is 9.21. The molecule has 10 heteroatoms. The average Bonchev–Trinajstić information content (AvgIpc) is 3.35. The number of rotatable bonds is 4. The van der Waals surface area contributed by atoms with Crippen molar-refractivity contribution in [2.24, 2.45) is 5.92 Å². The Balaban J connectivity index is 1.36. The van der Waals surface area contributed by atoms with Gasteiger partial charge in [0.25, 0.3) is 0 Å². The van der Waals surface area contributed by atoms with Gasteiger partial charge in [-0.2, -0.15) is 0 Å². The molecule has 1 saturated heterocycles. The lowest BCUT2D eigenvalue weighted by atomic mass is 9.97. The van der Waals surface area contributed by atoms with Crippen LogP contribution in [0.2, 0.25) is 0 Å². The van der Waals surface area contributed by atoms with Crippen LogP contribution in [0.4, 0.5) is 11.5 Å². The molecule has 1 fully saturated rings. The molecule has 2 aliphatic rings. The summed E-state index contributed by atoms with van der Waals surface area (Å²) in [6.45, 7) is 2.32. The third kappa shape index (κ3) is 3.83. The number of aromatic nitrogens is 4. The second kappa shape index (κ2) is 8.85. The number of fused-ring (bicyclic) bond motifs is 3. The summed E-state index contributed by atoms with van der Waals surface area (Å²) in [6.07, 6.45) is 7.74. The highest BCUT2D eigenvalue weighted by atomic mass is 32.1. The normalized spacial score (nSPS) is 18.8. The summed E-state index contributed by atoms with van der Waals surface area (Å²) >= 11 is 1.26. The van der Waals surface area contributed by atoms with Crippen molar-refractivity contribution < 1.29 is 14.3 Å². The maximum atomic E-state index is 13.0. The maximum absolute atomic E-state index is 13.0. The Morgan fingerprint density at radius 2 is 2.09 bits per heavy atom. The third-order valence-electron chi connectivity index (χ3n) is 6.26. The Kier molecular flexibility index (Phi) is 5.77. The first-order valence-corrected chi connectivity index (χ1v) is 12.0. The van der Waals surface area contributed by atoms with Crippen LogP contribution >= 0.6 is 11.3 Å². The van der Waals surface area contributed by atoms with Gasteiger partial charge in [0, 0.05) is 26.1 Å². The van der Waals surface area contributed by atoms with Crippen molar-refractivity contribution in [3.05, 3.63) is 28.5 Å². The van der Waals surface area contributed by atoms with Crippen molar-refractivity contribution in [3.63, 3.8) is 0 Å². The molecule has 0 radical (unpaired) electrons. The molecule has 0 spiro atoms. The fourth-order valence-corrected chi connectivity index (χ4v) is 5.40. The minimum Gasteiger partial charge on any atom is -0.465 e. The first kappa shape index (κ1) is 20.9. The summed E-state index contributed by atoms with van der Waals surface area (Å²) in [5.41, 5.74) is 2.22. The molecule has 32 heavy (non-hydrogen) atoms. The molecule has 5 rings (SSSR count). The second-order valence-electron chi connectivity index (χ2n) is 8.29. The van der Waals surface area contributed by atoms with Crippen molar-refractivity contribution in [2.75, 3.05) is 30.4 Å². The molecule has 0 saturated carbocycles. The lowest BCUT2D eigenvalue weighted by molar-refractivity contribution is -0.120. The molecule has 3 aromatic heterocycles. The molecule has 1 N–H and O–H groups in total. The first-order valence-electron chi connectivity index (χ1n) is 11.1. The van der Waals surface area contributed by atoms with Crippen LogP contribution < -0.4 is 10.2 Å². The van der Waals surface area contributed by atoms with Gasteiger partial charge in [-0.15, -0.1) is 11.3 Å². The van der Waals surface area contributed by atoms with Crippen molar-refractivity contribution in [1.82, 2.24) is 19.5 Å². The molecule has 1 amide bonds. The van der Waals surface area contributed by atoms with E-state index in [4.69, 9.17) is 9.72 Å². The van der Waals surface area contributed by atoms with Gasteiger partial charge < -0.3 is 19.5 Å². The predicted molar refractivity (Wildman–Crippen MR) is 122 cm³/mol. The van der Waals surface area contributed by atoms with Crippen molar-refractivity contribution in [3.8, 4) is 0 Å². The summed E-state index contributed by atoms with van der Waals surface area (Å²) in [6, 6.07) is 1.74.